The van der Waals surface area contributed by atoms with Crippen LogP contribution in [-0.2, 0) is 9.59 Å². The molecular weight excluding hydrogens is 435 g/mol. The van der Waals surface area contributed by atoms with E-state index < -0.39 is 23.9 Å². The lowest BCUT2D eigenvalue weighted by Gasteiger charge is -2.35. The minimum absolute atomic E-state index is 0.0388. The average molecular weight is 460 g/mol. The summed E-state index contributed by atoms with van der Waals surface area (Å²) in [6.07, 6.45) is -0.586. The van der Waals surface area contributed by atoms with Crippen molar-refractivity contribution in [2.75, 3.05) is 41.4 Å². The number of nitrogens with two attached hydrogens (primary N) is 1. The van der Waals surface area contributed by atoms with Gasteiger partial charge in [0.25, 0.3) is 11.5 Å². The zero-order valence-electron chi connectivity index (χ0n) is 17.8. The van der Waals surface area contributed by atoms with E-state index in [9.17, 15) is 24.3 Å². The van der Waals surface area contributed by atoms with Gasteiger partial charge >= 0.3 is 11.9 Å². The molecule has 1 aliphatic rings. The number of nitrogens with one attached hydrogen (secondary N) is 4. The predicted octanol–water partition coefficient (Wildman–Crippen LogP) is -0.258. The molecule has 2 heterocycles. The van der Waals surface area contributed by atoms with E-state index in [0.717, 1.165) is 5.69 Å². The summed E-state index contributed by atoms with van der Waals surface area (Å²) in [5.74, 6) is -2.59. The van der Waals surface area contributed by atoms with Gasteiger partial charge in [-0.15, -0.1) is 0 Å². The molecule has 2 atom stereocenters. The second-order valence-corrected chi connectivity index (χ2v) is 7.55. The number of rotatable bonds is 9. The van der Waals surface area contributed by atoms with Gasteiger partial charge in [-0.2, -0.15) is 4.98 Å². The summed E-state index contributed by atoms with van der Waals surface area (Å²) >= 11 is 0. The Morgan fingerprint density at radius 2 is 1.97 bits per heavy atom. The third-order valence-electron chi connectivity index (χ3n) is 5.26. The summed E-state index contributed by atoms with van der Waals surface area (Å²) in [6.45, 7) is 1.01. The summed E-state index contributed by atoms with van der Waals surface area (Å²) in [7, 11) is 1.79. The van der Waals surface area contributed by atoms with Gasteiger partial charge in [0.15, 0.2) is 5.82 Å². The van der Waals surface area contributed by atoms with Gasteiger partial charge < -0.3 is 36.8 Å². The molecule has 0 radical (unpaired) electrons. The molecule has 0 saturated heterocycles. The molecule has 1 unspecified atom stereocenters. The topological polar surface area (TPSA) is 203 Å². The lowest BCUT2D eigenvalue weighted by molar-refractivity contribution is -0.140. The Kier molecular flexibility index (Phi) is 7.00. The second kappa shape index (κ2) is 9.89. The molecule has 1 aromatic carbocycles. The predicted molar refractivity (Wildman–Crippen MR) is 121 cm³/mol. The van der Waals surface area contributed by atoms with E-state index in [0.29, 0.717) is 24.6 Å². The molecule has 0 spiro atoms. The fourth-order valence-electron chi connectivity index (χ4n) is 3.42. The molecule has 2 aromatic rings. The third kappa shape index (κ3) is 5.70. The van der Waals surface area contributed by atoms with Gasteiger partial charge in [0, 0.05) is 37.8 Å². The van der Waals surface area contributed by atoms with E-state index in [2.05, 4.69) is 25.9 Å². The number of anilines is 4. The Morgan fingerprint density at radius 1 is 1.27 bits per heavy atom. The maximum atomic E-state index is 12.3. The fourth-order valence-corrected chi connectivity index (χ4v) is 3.42. The summed E-state index contributed by atoms with van der Waals surface area (Å²) in [4.78, 5) is 54.9. The number of nitrogens with zero attached hydrogens (tertiary/aromatic N) is 2. The molecule has 176 valence electrons. The average Bonchev–Trinajstić information content (AvgIpc) is 2.75. The number of nitrogen functional groups attached to an aromatic ring is 1. The maximum absolute atomic E-state index is 12.3. The Hall–Kier alpha value is -4.29. The van der Waals surface area contributed by atoms with Crippen LogP contribution in [0.4, 0.5) is 23.1 Å². The van der Waals surface area contributed by atoms with Crippen molar-refractivity contribution in [1.29, 1.82) is 0 Å². The van der Waals surface area contributed by atoms with Crippen molar-refractivity contribution in [2.45, 2.75) is 24.9 Å². The molecule has 1 amide bonds. The molecule has 3 rings (SSSR count). The SMILES string of the molecule is CN1c2c(nc(N)[nH]c2=O)NCC1CNc1ccc(C(=O)N[C@@H](CC[13C](=O)O)C(=O)O)cc1. The highest BCUT2D eigenvalue weighted by molar-refractivity contribution is 5.96. The number of hydrogen-bond donors (Lipinski definition) is 7. The fraction of sp³-hybridized carbons (Fsp3) is 0.350. The first-order chi connectivity index (χ1) is 15.7. The number of amides is 1. The van der Waals surface area contributed by atoms with E-state index in [-0.39, 0.29) is 36.0 Å². The van der Waals surface area contributed by atoms with Crippen LogP contribution in [0.1, 0.15) is 23.2 Å². The number of likely N-dealkylation sites (N-methyl/N-ethyl adjacent to an activating group) is 1. The highest BCUT2D eigenvalue weighted by Gasteiger charge is 2.27. The molecule has 0 aliphatic carbocycles. The van der Waals surface area contributed by atoms with Gasteiger partial charge in [-0.1, -0.05) is 0 Å². The lowest BCUT2D eigenvalue weighted by Crippen LogP contribution is -2.48. The summed E-state index contributed by atoms with van der Waals surface area (Å²) < 4.78 is 0. The number of benzene rings is 1. The van der Waals surface area contributed by atoms with Gasteiger partial charge in [-0.3, -0.25) is 19.4 Å². The van der Waals surface area contributed by atoms with Gasteiger partial charge in [-0.25, -0.2) is 4.79 Å². The molecule has 0 fully saturated rings. The summed E-state index contributed by atoms with van der Waals surface area (Å²) in [5.41, 5.74) is 6.59. The number of carbonyl (C=O) groups is 3. The molecular formula is C20H25N7O6. The van der Waals surface area contributed by atoms with Crippen molar-refractivity contribution in [3.05, 3.63) is 40.2 Å². The highest BCUT2D eigenvalue weighted by Crippen LogP contribution is 2.25. The zero-order chi connectivity index (χ0) is 24.1. The van der Waals surface area contributed by atoms with E-state index in [4.69, 9.17) is 10.8 Å². The largest absolute Gasteiger partial charge is 0.481 e. The Bertz CT molecular complexity index is 1100. The lowest BCUT2D eigenvalue weighted by atomic mass is 10.1. The number of aromatic amines is 1. The van der Waals surface area contributed by atoms with Crippen LogP contribution in [0.2, 0.25) is 0 Å². The number of carboxylic acid groups (broad SMARTS) is 2. The number of carboxylic acids is 2. The Morgan fingerprint density at radius 3 is 2.61 bits per heavy atom. The first kappa shape index (κ1) is 23.4. The van der Waals surface area contributed by atoms with Crippen molar-refractivity contribution < 1.29 is 24.6 Å². The van der Waals surface area contributed by atoms with Crippen molar-refractivity contribution in [1.82, 2.24) is 15.3 Å². The van der Waals surface area contributed by atoms with E-state index in [1.807, 2.05) is 4.90 Å². The quantitative estimate of drug-likeness (QED) is 0.243. The Balaban J connectivity index is 1.58. The van der Waals surface area contributed by atoms with Crippen LogP contribution in [0.3, 0.4) is 0 Å². The van der Waals surface area contributed by atoms with Crippen LogP contribution in [0.25, 0.3) is 0 Å². The number of fused-ring (bicyclic) bond motifs is 1. The van der Waals surface area contributed by atoms with Gasteiger partial charge in [-0.05, 0) is 30.7 Å². The highest BCUT2D eigenvalue weighted by atomic mass is 16.5. The molecule has 33 heavy (non-hydrogen) atoms. The van der Waals surface area contributed by atoms with Crippen LogP contribution in [0.15, 0.2) is 29.1 Å². The van der Waals surface area contributed by atoms with Crippen LogP contribution < -0.4 is 32.1 Å². The van der Waals surface area contributed by atoms with Gasteiger partial charge in [0.2, 0.25) is 5.95 Å². The summed E-state index contributed by atoms with van der Waals surface area (Å²) in [6, 6.07) is 5.03. The molecule has 1 aliphatic heterocycles. The molecule has 0 bridgehead atoms. The number of carbonyl (C=O) groups excluding carboxylic acids is 1. The van der Waals surface area contributed by atoms with E-state index in [1.54, 1.807) is 19.2 Å². The van der Waals surface area contributed by atoms with Crippen molar-refractivity contribution in [2.24, 2.45) is 0 Å². The maximum Gasteiger partial charge on any atom is 0.326 e. The Labute approximate surface area is 188 Å². The number of H-pyrrole nitrogens is 1. The van der Waals surface area contributed by atoms with Gasteiger partial charge in [0.1, 0.15) is 11.7 Å². The summed E-state index contributed by atoms with van der Waals surface area (Å²) in [5, 5.41) is 26.6. The minimum atomic E-state index is -1.30. The minimum Gasteiger partial charge on any atom is -0.481 e. The zero-order valence-corrected chi connectivity index (χ0v) is 17.8. The smallest absolute Gasteiger partial charge is 0.326 e. The van der Waals surface area contributed by atoms with Crippen molar-refractivity contribution in [3.8, 4) is 0 Å². The first-order valence-electron chi connectivity index (χ1n) is 10.1. The third-order valence-corrected chi connectivity index (χ3v) is 5.26. The number of aromatic nitrogens is 2. The van der Waals surface area contributed by atoms with Crippen molar-refractivity contribution in [3.63, 3.8) is 0 Å². The number of hydrogen-bond acceptors (Lipinski definition) is 9. The monoisotopic (exact) mass is 460 g/mol. The van der Waals surface area contributed by atoms with E-state index >= 15 is 0 Å². The normalized spacial score (nSPS) is 15.7. The first-order valence-corrected chi connectivity index (χ1v) is 10.1. The molecule has 13 nitrogen and oxygen atoms in total. The van der Waals surface area contributed by atoms with Crippen molar-refractivity contribution >= 4 is 41.0 Å². The van der Waals surface area contributed by atoms with E-state index in [1.165, 1.54) is 12.1 Å². The standard InChI is InChI=1S/C20H25N7O6/c1-27-12(9-23-16-15(27)18(31)26-20(21)25-16)8-22-11-4-2-10(3-5-11)17(30)24-13(19(32)33)6-7-14(28)29/h2-5,12-13,22H,6-9H2,1H3,(H,24,30)(H,28,29)(H,32,33)(H4,21,23,25,26,31)/t12?,13-/m0/s1/i14+1. The van der Waals surface area contributed by atoms with Gasteiger partial charge in [0.05, 0.1) is 6.04 Å². The van der Waals surface area contributed by atoms with Crippen LogP contribution in [0, 0.1) is 0 Å². The molecule has 0 saturated carbocycles. The molecule has 8 N–H and O–H groups in total. The molecule has 1 aromatic heterocycles. The van der Waals surface area contributed by atoms with Crippen LogP contribution >= 0.6 is 0 Å². The van der Waals surface area contributed by atoms with Crippen LogP contribution in [-0.4, -0.2) is 70.2 Å². The van der Waals surface area contributed by atoms with Crippen LogP contribution in [0.5, 0.6) is 0 Å². The number of aliphatic carboxylic acids is 2. The molecule has 13 heteroatoms. The second-order valence-electron chi connectivity index (χ2n) is 7.55.